The van der Waals surface area contributed by atoms with Crippen LogP contribution in [0.3, 0.4) is 0 Å². The molecule has 0 unspecified atom stereocenters. The Labute approximate surface area is 184 Å². The molecule has 0 spiro atoms. The summed E-state index contributed by atoms with van der Waals surface area (Å²) in [7, 11) is 0. The summed E-state index contributed by atoms with van der Waals surface area (Å²) >= 11 is 0. The number of furan rings is 2. The first kappa shape index (κ1) is 20.5. The molecular weight excluding hydrogens is 412 g/mol. The number of morpholine rings is 1. The quantitative estimate of drug-likeness (QED) is 0.571. The molecule has 2 N–H and O–H groups in total. The average molecular weight is 437 g/mol. The number of carbonyl (C=O) groups excluding carboxylic acids is 2. The molecule has 0 aliphatic carbocycles. The fourth-order valence-electron chi connectivity index (χ4n) is 4.43. The standard InChI is InChI=1S/C24H24N2O6/c1-15-6-7-18(31-15)21-20(22(27)19-14-16-4-2-3-5-17(16)32-19)23(28)24(29)26(21)9-8-25-10-12-30-13-11-25/h2-7,14,21,28H,8-13H2,1H3/p+1/t21-/m1/s1. The van der Waals surface area contributed by atoms with E-state index in [9.17, 15) is 14.7 Å². The normalized spacial score (nSPS) is 20.0. The number of aryl methyl sites for hydroxylation is 1. The zero-order valence-corrected chi connectivity index (χ0v) is 17.8. The van der Waals surface area contributed by atoms with Gasteiger partial charge < -0.3 is 28.5 Å². The Hall–Kier alpha value is -3.36. The van der Waals surface area contributed by atoms with Crippen molar-refractivity contribution in [2.75, 3.05) is 39.4 Å². The molecule has 2 aromatic heterocycles. The van der Waals surface area contributed by atoms with Gasteiger partial charge in [0, 0.05) is 5.39 Å². The van der Waals surface area contributed by atoms with Gasteiger partial charge in [-0.05, 0) is 31.2 Å². The highest BCUT2D eigenvalue weighted by atomic mass is 16.5. The fourth-order valence-corrected chi connectivity index (χ4v) is 4.43. The van der Waals surface area contributed by atoms with Crippen molar-refractivity contribution in [3.05, 3.63) is 71.1 Å². The molecule has 8 heteroatoms. The second-order valence-electron chi connectivity index (χ2n) is 8.20. The average Bonchev–Trinajstić information content (AvgIpc) is 3.49. The molecule has 0 saturated carbocycles. The number of benzene rings is 1. The van der Waals surface area contributed by atoms with E-state index in [2.05, 4.69) is 0 Å². The number of fused-ring (bicyclic) bond motifs is 1. The molecule has 1 fully saturated rings. The summed E-state index contributed by atoms with van der Waals surface area (Å²) in [6.07, 6.45) is 0. The Balaban J connectivity index is 1.49. The van der Waals surface area contributed by atoms with E-state index in [0.29, 0.717) is 43.4 Å². The van der Waals surface area contributed by atoms with Crippen LogP contribution in [0.25, 0.3) is 11.0 Å². The zero-order chi connectivity index (χ0) is 22.2. The number of nitrogens with zero attached hydrogens (tertiary/aromatic N) is 1. The minimum atomic E-state index is -0.808. The number of aliphatic hydroxyl groups is 1. The Kier molecular flexibility index (Phi) is 5.32. The van der Waals surface area contributed by atoms with Crippen molar-refractivity contribution in [1.82, 2.24) is 4.90 Å². The molecule has 32 heavy (non-hydrogen) atoms. The number of para-hydroxylation sites is 1. The highest BCUT2D eigenvalue weighted by Crippen LogP contribution is 2.39. The minimum Gasteiger partial charge on any atom is -0.503 e. The van der Waals surface area contributed by atoms with E-state index in [4.69, 9.17) is 13.6 Å². The van der Waals surface area contributed by atoms with Crippen LogP contribution >= 0.6 is 0 Å². The van der Waals surface area contributed by atoms with Crippen molar-refractivity contribution in [1.29, 1.82) is 0 Å². The summed E-state index contributed by atoms with van der Waals surface area (Å²) in [6, 6.07) is 11.6. The minimum absolute atomic E-state index is 0.0135. The van der Waals surface area contributed by atoms with E-state index in [1.54, 1.807) is 31.2 Å². The van der Waals surface area contributed by atoms with Gasteiger partial charge in [-0.25, -0.2) is 0 Å². The van der Waals surface area contributed by atoms with Gasteiger partial charge in [0.25, 0.3) is 5.91 Å². The molecule has 166 valence electrons. The van der Waals surface area contributed by atoms with Crippen molar-refractivity contribution in [2.45, 2.75) is 13.0 Å². The molecular formula is C24H25N2O6+. The molecule has 0 bridgehead atoms. The van der Waals surface area contributed by atoms with Crippen molar-refractivity contribution in [2.24, 2.45) is 0 Å². The topological polar surface area (TPSA) is 97.6 Å². The Morgan fingerprint density at radius 2 is 1.94 bits per heavy atom. The summed E-state index contributed by atoms with van der Waals surface area (Å²) < 4.78 is 17.0. The van der Waals surface area contributed by atoms with Crippen LogP contribution in [0, 0.1) is 6.92 Å². The molecule has 1 amide bonds. The lowest BCUT2D eigenvalue weighted by atomic mass is 9.99. The van der Waals surface area contributed by atoms with Crippen molar-refractivity contribution < 1.29 is 33.2 Å². The number of amides is 1. The van der Waals surface area contributed by atoms with Gasteiger partial charge in [-0.2, -0.15) is 0 Å². The molecule has 0 radical (unpaired) electrons. The third kappa shape index (κ3) is 3.61. The number of ketones is 1. The number of quaternary nitrogens is 1. The van der Waals surface area contributed by atoms with Gasteiger partial charge in [0.1, 0.15) is 36.2 Å². The van der Waals surface area contributed by atoms with Crippen LogP contribution in [-0.4, -0.2) is 61.1 Å². The van der Waals surface area contributed by atoms with E-state index in [1.165, 1.54) is 9.80 Å². The molecule has 1 saturated heterocycles. The SMILES string of the molecule is Cc1ccc([C@@H]2C(C(=O)c3cc4ccccc4o3)=C(O)C(=O)N2CC[NH+]2CCOCC2)o1. The smallest absolute Gasteiger partial charge is 0.290 e. The van der Waals surface area contributed by atoms with E-state index >= 15 is 0 Å². The summed E-state index contributed by atoms with van der Waals surface area (Å²) in [6.45, 7) is 5.94. The predicted octanol–water partition coefficient (Wildman–Crippen LogP) is 1.83. The van der Waals surface area contributed by atoms with Gasteiger partial charge in [0.15, 0.2) is 11.5 Å². The van der Waals surface area contributed by atoms with Gasteiger partial charge in [-0.15, -0.1) is 0 Å². The molecule has 3 aromatic rings. The van der Waals surface area contributed by atoms with E-state index in [-0.39, 0.29) is 11.3 Å². The highest BCUT2D eigenvalue weighted by Gasteiger charge is 2.46. The Morgan fingerprint density at radius 1 is 1.16 bits per heavy atom. The molecule has 4 heterocycles. The van der Waals surface area contributed by atoms with Crippen LogP contribution in [0.1, 0.15) is 28.1 Å². The highest BCUT2D eigenvalue weighted by molar-refractivity contribution is 6.15. The number of rotatable bonds is 6. The number of ether oxygens (including phenoxy) is 1. The van der Waals surface area contributed by atoms with Crippen LogP contribution in [0.5, 0.6) is 0 Å². The molecule has 8 nitrogen and oxygen atoms in total. The van der Waals surface area contributed by atoms with Gasteiger partial charge in [-0.3, -0.25) is 9.59 Å². The van der Waals surface area contributed by atoms with E-state index in [1.807, 2.05) is 18.2 Å². The third-order valence-corrected chi connectivity index (χ3v) is 6.13. The lowest BCUT2D eigenvalue weighted by molar-refractivity contribution is -0.907. The van der Waals surface area contributed by atoms with Gasteiger partial charge in [0.2, 0.25) is 5.78 Å². The number of aliphatic hydroxyl groups excluding tert-OH is 1. The van der Waals surface area contributed by atoms with Crippen LogP contribution in [0.2, 0.25) is 0 Å². The van der Waals surface area contributed by atoms with Crippen molar-refractivity contribution in [3.63, 3.8) is 0 Å². The van der Waals surface area contributed by atoms with Crippen LogP contribution in [-0.2, 0) is 9.53 Å². The monoisotopic (exact) mass is 437 g/mol. The van der Waals surface area contributed by atoms with Crippen molar-refractivity contribution >= 4 is 22.7 Å². The van der Waals surface area contributed by atoms with Gasteiger partial charge in [-0.1, -0.05) is 18.2 Å². The second kappa shape index (κ2) is 8.29. The molecule has 1 atom stereocenters. The third-order valence-electron chi connectivity index (χ3n) is 6.13. The van der Waals surface area contributed by atoms with Gasteiger partial charge >= 0.3 is 0 Å². The molecule has 2 aliphatic rings. The van der Waals surface area contributed by atoms with Gasteiger partial charge in [0.05, 0.1) is 31.9 Å². The summed E-state index contributed by atoms with van der Waals surface area (Å²) in [5.74, 6) is -0.464. The molecule has 5 rings (SSSR count). The largest absolute Gasteiger partial charge is 0.503 e. The number of Topliss-reactive ketones (excluding diaryl/α,β-unsaturated/α-hetero) is 1. The van der Waals surface area contributed by atoms with Crippen molar-refractivity contribution in [3.8, 4) is 0 Å². The number of carbonyl (C=O) groups is 2. The fraction of sp³-hybridized carbons (Fsp3) is 0.333. The first-order valence-electron chi connectivity index (χ1n) is 10.8. The Morgan fingerprint density at radius 3 is 2.66 bits per heavy atom. The number of hydrogen-bond donors (Lipinski definition) is 2. The zero-order valence-electron chi connectivity index (χ0n) is 17.8. The lowest BCUT2D eigenvalue weighted by Crippen LogP contribution is -3.14. The number of hydrogen-bond acceptors (Lipinski definition) is 6. The molecule has 2 aliphatic heterocycles. The number of nitrogens with one attached hydrogen (secondary N) is 1. The summed E-state index contributed by atoms with van der Waals surface area (Å²) in [5, 5.41) is 11.5. The van der Waals surface area contributed by atoms with Crippen LogP contribution in [0.4, 0.5) is 0 Å². The first-order chi connectivity index (χ1) is 15.5. The van der Waals surface area contributed by atoms with E-state index in [0.717, 1.165) is 18.5 Å². The first-order valence-corrected chi connectivity index (χ1v) is 10.8. The van der Waals surface area contributed by atoms with E-state index < -0.39 is 23.5 Å². The molecule has 1 aromatic carbocycles. The second-order valence-corrected chi connectivity index (χ2v) is 8.20. The maximum absolute atomic E-state index is 13.5. The maximum atomic E-state index is 13.5. The lowest BCUT2D eigenvalue weighted by Gasteiger charge is -2.28. The predicted molar refractivity (Wildman–Crippen MR) is 114 cm³/mol. The van der Waals surface area contributed by atoms with Crippen LogP contribution in [0.15, 0.2) is 62.6 Å². The Bertz CT molecular complexity index is 1170. The maximum Gasteiger partial charge on any atom is 0.290 e. The summed E-state index contributed by atoms with van der Waals surface area (Å²) in [4.78, 5) is 29.3. The summed E-state index contributed by atoms with van der Waals surface area (Å²) in [5.41, 5.74) is 0.554. The van der Waals surface area contributed by atoms with Crippen LogP contribution < -0.4 is 4.90 Å².